The number of carbonyl (C=O) groups is 1. The van der Waals surface area contributed by atoms with Crippen LogP contribution in [0.5, 0.6) is 0 Å². The van der Waals surface area contributed by atoms with E-state index in [2.05, 4.69) is 15.2 Å². The molecular weight excluding hydrogens is 312 g/mol. The van der Waals surface area contributed by atoms with Gasteiger partial charge in [0.15, 0.2) is 11.0 Å². The van der Waals surface area contributed by atoms with Crippen LogP contribution in [0.15, 0.2) is 29.7 Å². The predicted molar refractivity (Wildman–Crippen MR) is 87.4 cm³/mol. The fourth-order valence-electron chi connectivity index (χ4n) is 2.02. The number of hydrogen-bond donors (Lipinski definition) is 0. The number of carbonyl (C=O) groups excluding carboxylic acids is 1. The maximum absolute atomic E-state index is 12.3. The topological polar surface area (TPSA) is 87.7 Å². The summed E-state index contributed by atoms with van der Waals surface area (Å²) < 4.78 is 1.86. The van der Waals surface area contributed by atoms with E-state index in [0.29, 0.717) is 18.1 Å². The van der Waals surface area contributed by atoms with Gasteiger partial charge >= 0.3 is 0 Å². The number of nitriles is 1. The van der Waals surface area contributed by atoms with E-state index in [-0.39, 0.29) is 11.2 Å². The lowest BCUT2D eigenvalue weighted by atomic mass is 10.2. The molecule has 2 rings (SSSR count). The summed E-state index contributed by atoms with van der Waals surface area (Å²) in [6.07, 6.45) is 3.73. The molecule has 0 radical (unpaired) electrons. The minimum absolute atomic E-state index is 0.0290. The lowest BCUT2D eigenvalue weighted by molar-refractivity contribution is -0.128. The summed E-state index contributed by atoms with van der Waals surface area (Å²) in [7, 11) is 3.57. The molecule has 2 heterocycles. The van der Waals surface area contributed by atoms with Gasteiger partial charge in [0.1, 0.15) is 0 Å². The minimum atomic E-state index is -0.299. The molecule has 23 heavy (non-hydrogen) atoms. The van der Waals surface area contributed by atoms with E-state index in [4.69, 9.17) is 5.26 Å². The standard InChI is InChI=1S/C15H18N6OS/c1-11(14(22)20(2)10-4-7-16)23-15-19-18-13(21(15)3)12-5-8-17-9-6-12/h5-6,8-9,11H,4,10H2,1-3H3/t11-/m1/s1. The molecule has 0 aliphatic heterocycles. The third-order valence-electron chi connectivity index (χ3n) is 3.34. The van der Waals surface area contributed by atoms with Gasteiger partial charge in [-0.25, -0.2) is 0 Å². The van der Waals surface area contributed by atoms with Crippen molar-refractivity contribution in [2.45, 2.75) is 23.8 Å². The maximum Gasteiger partial charge on any atom is 0.235 e. The molecule has 2 aromatic rings. The smallest absolute Gasteiger partial charge is 0.235 e. The Morgan fingerprint density at radius 2 is 2.13 bits per heavy atom. The average molecular weight is 330 g/mol. The second-order valence-corrected chi connectivity index (χ2v) is 6.34. The van der Waals surface area contributed by atoms with E-state index < -0.39 is 0 Å². The summed E-state index contributed by atoms with van der Waals surface area (Å²) in [6.45, 7) is 2.26. The fraction of sp³-hybridized carbons (Fsp3) is 0.400. The molecular formula is C15H18N6OS. The van der Waals surface area contributed by atoms with Crippen molar-refractivity contribution in [1.82, 2.24) is 24.6 Å². The number of aromatic nitrogens is 4. The predicted octanol–water partition coefficient (Wildman–Crippen LogP) is 1.73. The summed E-state index contributed by atoms with van der Waals surface area (Å²) in [5, 5.41) is 17.3. The van der Waals surface area contributed by atoms with Crippen molar-refractivity contribution in [3.05, 3.63) is 24.5 Å². The van der Waals surface area contributed by atoms with Crippen molar-refractivity contribution in [2.75, 3.05) is 13.6 Å². The molecule has 8 heteroatoms. The molecule has 2 aromatic heterocycles. The molecule has 120 valence electrons. The molecule has 1 amide bonds. The third kappa shape index (κ3) is 4.07. The Labute approximate surface area is 139 Å². The van der Waals surface area contributed by atoms with Gasteiger partial charge in [0.25, 0.3) is 0 Å². The van der Waals surface area contributed by atoms with Crippen LogP contribution in [0.2, 0.25) is 0 Å². The Bertz CT molecular complexity index is 709. The minimum Gasteiger partial charge on any atom is -0.344 e. The molecule has 0 saturated carbocycles. The maximum atomic E-state index is 12.3. The number of hydrogen-bond acceptors (Lipinski definition) is 6. The number of pyridine rings is 1. The molecule has 0 fully saturated rings. The third-order valence-corrected chi connectivity index (χ3v) is 4.46. The molecule has 7 nitrogen and oxygen atoms in total. The number of rotatable bonds is 6. The van der Waals surface area contributed by atoms with Gasteiger partial charge in [-0.3, -0.25) is 9.78 Å². The molecule has 1 atom stereocenters. The Morgan fingerprint density at radius 3 is 2.78 bits per heavy atom. The highest BCUT2D eigenvalue weighted by Gasteiger charge is 2.21. The Balaban J connectivity index is 2.08. The van der Waals surface area contributed by atoms with Crippen LogP contribution in [-0.2, 0) is 11.8 Å². The summed E-state index contributed by atoms with van der Waals surface area (Å²) in [6, 6.07) is 5.77. The first-order valence-corrected chi connectivity index (χ1v) is 8.01. The Morgan fingerprint density at radius 1 is 1.43 bits per heavy atom. The Hall–Kier alpha value is -2.40. The molecule has 0 N–H and O–H groups in total. The summed E-state index contributed by atoms with van der Waals surface area (Å²) in [5.74, 6) is 0.700. The van der Waals surface area contributed by atoms with E-state index in [9.17, 15) is 4.79 Å². The first-order valence-electron chi connectivity index (χ1n) is 7.13. The molecule has 0 saturated heterocycles. The normalized spacial score (nSPS) is 11.7. The second-order valence-electron chi connectivity index (χ2n) is 5.03. The molecule has 0 unspecified atom stereocenters. The molecule has 0 spiro atoms. The van der Waals surface area contributed by atoms with E-state index in [1.165, 1.54) is 11.8 Å². The van der Waals surface area contributed by atoms with E-state index in [0.717, 1.165) is 11.4 Å². The molecule has 0 aliphatic rings. The van der Waals surface area contributed by atoms with Gasteiger partial charge in [-0.05, 0) is 19.1 Å². The van der Waals surface area contributed by atoms with Gasteiger partial charge in [-0.1, -0.05) is 11.8 Å². The van der Waals surface area contributed by atoms with E-state index in [1.807, 2.05) is 36.7 Å². The first-order chi connectivity index (χ1) is 11.0. The van der Waals surface area contributed by atoms with Crippen molar-refractivity contribution in [1.29, 1.82) is 5.26 Å². The van der Waals surface area contributed by atoms with Crippen LogP contribution >= 0.6 is 11.8 Å². The highest BCUT2D eigenvalue weighted by molar-refractivity contribution is 8.00. The average Bonchev–Trinajstić information content (AvgIpc) is 2.93. The van der Waals surface area contributed by atoms with Crippen LogP contribution in [-0.4, -0.2) is 49.4 Å². The van der Waals surface area contributed by atoms with Gasteiger partial charge in [0, 0.05) is 38.6 Å². The van der Waals surface area contributed by atoms with Crippen LogP contribution in [0.3, 0.4) is 0 Å². The van der Waals surface area contributed by atoms with Crippen molar-refractivity contribution >= 4 is 17.7 Å². The van der Waals surface area contributed by atoms with Crippen LogP contribution in [0.1, 0.15) is 13.3 Å². The van der Waals surface area contributed by atoms with Crippen molar-refractivity contribution in [2.24, 2.45) is 7.05 Å². The summed E-state index contributed by atoms with van der Waals surface area (Å²) >= 11 is 1.36. The lowest BCUT2D eigenvalue weighted by Gasteiger charge is -2.19. The van der Waals surface area contributed by atoms with Crippen molar-refractivity contribution in [3.8, 4) is 17.5 Å². The lowest BCUT2D eigenvalue weighted by Crippen LogP contribution is -2.34. The quantitative estimate of drug-likeness (QED) is 0.750. The van der Waals surface area contributed by atoms with Crippen LogP contribution < -0.4 is 0 Å². The number of nitrogens with zero attached hydrogens (tertiary/aromatic N) is 6. The zero-order chi connectivity index (χ0) is 16.8. The van der Waals surface area contributed by atoms with Crippen molar-refractivity contribution < 1.29 is 4.79 Å². The van der Waals surface area contributed by atoms with Crippen LogP contribution in [0.4, 0.5) is 0 Å². The molecule has 0 aliphatic carbocycles. The Kier molecular flexibility index (Phi) is 5.71. The van der Waals surface area contributed by atoms with Gasteiger partial charge in [0.05, 0.1) is 17.7 Å². The van der Waals surface area contributed by atoms with Crippen molar-refractivity contribution in [3.63, 3.8) is 0 Å². The molecule has 0 bridgehead atoms. The van der Waals surface area contributed by atoms with Crippen LogP contribution in [0, 0.1) is 11.3 Å². The van der Waals surface area contributed by atoms with Gasteiger partial charge in [-0.2, -0.15) is 5.26 Å². The van der Waals surface area contributed by atoms with Gasteiger partial charge < -0.3 is 9.47 Å². The van der Waals surface area contributed by atoms with E-state index in [1.54, 1.807) is 24.3 Å². The number of amides is 1. The van der Waals surface area contributed by atoms with Gasteiger partial charge in [-0.15, -0.1) is 10.2 Å². The monoisotopic (exact) mass is 330 g/mol. The highest BCUT2D eigenvalue weighted by Crippen LogP contribution is 2.26. The molecule has 0 aromatic carbocycles. The summed E-state index contributed by atoms with van der Waals surface area (Å²) in [4.78, 5) is 17.8. The largest absolute Gasteiger partial charge is 0.344 e. The van der Waals surface area contributed by atoms with E-state index >= 15 is 0 Å². The zero-order valence-corrected chi connectivity index (χ0v) is 14.1. The van der Waals surface area contributed by atoms with Crippen LogP contribution in [0.25, 0.3) is 11.4 Å². The summed E-state index contributed by atoms with van der Waals surface area (Å²) in [5.41, 5.74) is 0.923. The highest BCUT2D eigenvalue weighted by atomic mass is 32.2. The second kappa shape index (κ2) is 7.74. The zero-order valence-electron chi connectivity index (χ0n) is 13.3. The fourth-order valence-corrected chi connectivity index (χ4v) is 2.95. The van der Waals surface area contributed by atoms with Gasteiger partial charge in [0.2, 0.25) is 5.91 Å². The SMILES string of the molecule is C[C@@H](Sc1nnc(-c2ccncc2)n1C)C(=O)N(C)CCC#N. The number of thioether (sulfide) groups is 1. The first kappa shape index (κ1) is 17.0.